The molecule has 1 unspecified atom stereocenters. The van der Waals surface area contributed by atoms with Crippen molar-refractivity contribution in [3.63, 3.8) is 0 Å². The molecule has 0 rings (SSSR count). The average Bonchev–Trinajstić information content (AvgIpc) is 2.47. The van der Waals surface area contributed by atoms with Crippen molar-refractivity contribution in [2.45, 2.75) is 59.2 Å². The normalized spacial score (nSPS) is 12.6. The summed E-state index contributed by atoms with van der Waals surface area (Å²) >= 11 is 0. The summed E-state index contributed by atoms with van der Waals surface area (Å²) in [6, 6.07) is 3.08. The van der Waals surface area contributed by atoms with Gasteiger partial charge in [0.1, 0.15) is 0 Å². The molecule has 0 aromatic carbocycles. The van der Waals surface area contributed by atoms with E-state index >= 15 is 0 Å². The number of rotatable bonds is 10. The molecule has 0 radical (unpaired) electrons. The minimum Gasteiger partial charge on any atom is -0.466 e. The third-order valence-corrected chi connectivity index (χ3v) is 10.2. The molecule has 0 saturated carbocycles. The lowest BCUT2D eigenvalue weighted by molar-refractivity contribution is -0.153. The minimum absolute atomic E-state index is 0.0419. The summed E-state index contributed by atoms with van der Waals surface area (Å²) in [5.74, 6) is -1.26. The van der Waals surface area contributed by atoms with Crippen LogP contribution in [0.4, 0.5) is 0 Å². The van der Waals surface area contributed by atoms with Crippen LogP contribution in [0.1, 0.15) is 41.0 Å². The molecule has 0 aliphatic carbocycles. The maximum Gasteiger partial charge on any atom is 0.313 e. The van der Waals surface area contributed by atoms with Gasteiger partial charge >= 0.3 is 11.9 Å². The van der Waals surface area contributed by atoms with Gasteiger partial charge in [-0.05, 0) is 13.8 Å². The molecular weight excluding hydrogens is 284 g/mol. The van der Waals surface area contributed by atoms with Crippen molar-refractivity contribution in [3.8, 4) is 0 Å². The fraction of sp³-hybridized carbons (Fsp3) is 0.750. The molecule has 0 spiro atoms. The highest BCUT2D eigenvalue weighted by Crippen LogP contribution is 2.34. The zero-order chi connectivity index (χ0) is 16.5. The molecule has 0 aliphatic heterocycles. The van der Waals surface area contributed by atoms with Crippen LogP contribution >= 0.6 is 0 Å². The standard InChI is InChI=1S/C16H30O4Si/c1-7-19-15(17)12-14(16(18)20-8-2)13(6)21(9-3,10-4)11-5/h14H,6-12H2,1-5H3. The molecule has 21 heavy (non-hydrogen) atoms. The van der Waals surface area contributed by atoms with Gasteiger partial charge in [-0.2, -0.15) is 0 Å². The summed E-state index contributed by atoms with van der Waals surface area (Å²) in [7, 11) is -1.77. The maximum atomic E-state index is 12.3. The first-order chi connectivity index (χ1) is 9.92. The molecule has 0 fully saturated rings. The molecule has 122 valence electrons. The van der Waals surface area contributed by atoms with Crippen LogP contribution in [0.5, 0.6) is 0 Å². The predicted molar refractivity (Wildman–Crippen MR) is 87.7 cm³/mol. The van der Waals surface area contributed by atoms with Crippen molar-refractivity contribution in [2.75, 3.05) is 13.2 Å². The van der Waals surface area contributed by atoms with Gasteiger partial charge in [0.25, 0.3) is 0 Å². The lowest BCUT2D eigenvalue weighted by Gasteiger charge is -2.34. The molecular formula is C16H30O4Si. The monoisotopic (exact) mass is 314 g/mol. The Bertz CT molecular complexity index is 353. The average molecular weight is 314 g/mol. The van der Waals surface area contributed by atoms with Crippen LogP contribution in [0.15, 0.2) is 11.8 Å². The van der Waals surface area contributed by atoms with E-state index in [4.69, 9.17) is 9.47 Å². The second kappa shape index (κ2) is 9.76. The Morgan fingerprint density at radius 2 is 1.43 bits per heavy atom. The third kappa shape index (κ3) is 5.30. The number of hydrogen-bond acceptors (Lipinski definition) is 4. The Balaban J connectivity index is 5.31. The van der Waals surface area contributed by atoms with E-state index in [-0.39, 0.29) is 18.4 Å². The number of esters is 2. The van der Waals surface area contributed by atoms with Crippen molar-refractivity contribution in [3.05, 3.63) is 11.8 Å². The summed E-state index contributed by atoms with van der Waals surface area (Å²) in [6.07, 6.45) is 0.0419. The van der Waals surface area contributed by atoms with Crippen molar-refractivity contribution in [2.24, 2.45) is 5.92 Å². The Kier molecular flexibility index (Phi) is 9.25. The first-order valence-electron chi connectivity index (χ1n) is 7.93. The highest BCUT2D eigenvalue weighted by Gasteiger charge is 2.39. The maximum absolute atomic E-state index is 12.3. The van der Waals surface area contributed by atoms with Crippen LogP contribution in [0.2, 0.25) is 18.1 Å². The van der Waals surface area contributed by atoms with Crippen LogP contribution in [0.25, 0.3) is 0 Å². The summed E-state index contributed by atoms with van der Waals surface area (Å²) in [5.41, 5.74) is 0. The third-order valence-electron chi connectivity index (χ3n) is 4.38. The summed E-state index contributed by atoms with van der Waals surface area (Å²) in [4.78, 5) is 24.1. The second-order valence-corrected chi connectivity index (χ2v) is 10.5. The van der Waals surface area contributed by atoms with E-state index in [1.807, 2.05) is 0 Å². The highest BCUT2D eigenvalue weighted by molar-refractivity contribution is 6.86. The number of carbonyl (C=O) groups is 2. The van der Waals surface area contributed by atoms with Crippen LogP contribution in [-0.4, -0.2) is 33.2 Å². The van der Waals surface area contributed by atoms with E-state index < -0.39 is 14.0 Å². The highest BCUT2D eigenvalue weighted by atomic mass is 28.3. The topological polar surface area (TPSA) is 52.6 Å². The quantitative estimate of drug-likeness (QED) is 0.455. The molecule has 0 N–H and O–H groups in total. The van der Waals surface area contributed by atoms with Crippen LogP contribution < -0.4 is 0 Å². The molecule has 0 saturated heterocycles. The van der Waals surface area contributed by atoms with Crippen LogP contribution in [0.3, 0.4) is 0 Å². The number of carbonyl (C=O) groups excluding carboxylic acids is 2. The van der Waals surface area contributed by atoms with E-state index in [2.05, 4.69) is 27.4 Å². The summed E-state index contributed by atoms with van der Waals surface area (Å²) in [6.45, 7) is 14.8. The second-order valence-electron chi connectivity index (χ2n) is 5.18. The molecule has 0 amide bonds. The van der Waals surface area contributed by atoms with Gasteiger partial charge in [-0.25, -0.2) is 0 Å². The van der Waals surface area contributed by atoms with Gasteiger partial charge in [-0.1, -0.05) is 44.1 Å². The fourth-order valence-electron chi connectivity index (χ4n) is 2.78. The summed E-state index contributed by atoms with van der Waals surface area (Å²) < 4.78 is 10.1. The van der Waals surface area contributed by atoms with Crippen molar-refractivity contribution in [1.82, 2.24) is 0 Å². The predicted octanol–water partition coefficient (Wildman–Crippen LogP) is 3.72. The molecule has 0 bridgehead atoms. The smallest absolute Gasteiger partial charge is 0.313 e. The molecule has 5 heteroatoms. The zero-order valence-electron chi connectivity index (χ0n) is 14.2. The fourth-order valence-corrected chi connectivity index (χ4v) is 6.60. The van der Waals surface area contributed by atoms with Crippen molar-refractivity contribution < 1.29 is 19.1 Å². The lowest BCUT2D eigenvalue weighted by atomic mass is 10.1. The Morgan fingerprint density at radius 3 is 1.81 bits per heavy atom. The number of hydrogen-bond donors (Lipinski definition) is 0. The molecule has 0 aromatic heterocycles. The van der Waals surface area contributed by atoms with Gasteiger partial charge in [0.05, 0.1) is 33.6 Å². The summed E-state index contributed by atoms with van der Waals surface area (Å²) in [5, 5.41) is 0.932. The molecule has 1 atom stereocenters. The molecule has 0 aliphatic rings. The van der Waals surface area contributed by atoms with Gasteiger partial charge in [-0.3, -0.25) is 9.59 Å². The van der Waals surface area contributed by atoms with Gasteiger partial charge < -0.3 is 9.47 Å². The van der Waals surface area contributed by atoms with Crippen LogP contribution in [-0.2, 0) is 19.1 Å². The Labute approximate surface area is 129 Å². The van der Waals surface area contributed by atoms with Gasteiger partial charge in [-0.15, -0.1) is 6.58 Å². The number of ether oxygens (including phenoxy) is 2. The van der Waals surface area contributed by atoms with Crippen molar-refractivity contribution in [1.29, 1.82) is 0 Å². The van der Waals surface area contributed by atoms with E-state index in [1.54, 1.807) is 13.8 Å². The van der Waals surface area contributed by atoms with Gasteiger partial charge in [0.2, 0.25) is 0 Å². The van der Waals surface area contributed by atoms with E-state index in [9.17, 15) is 9.59 Å². The lowest BCUT2D eigenvalue weighted by Crippen LogP contribution is -2.41. The molecule has 0 heterocycles. The zero-order valence-corrected chi connectivity index (χ0v) is 15.2. The SMILES string of the molecule is C=C(C(CC(=O)OCC)C(=O)OCC)[Si](CC)(CC)CC. The largest absolute Gasteiger partial charge is 0.466 e. The van der Waals surface area contributed by atoms with Crippen LogP contribution in [0, 0.1) is 5.92 Å². The van der Waals surface area contributed by atoms with E-state index in [0.29, 0.717) is 13.2 Å². The van der Waals surface area contributed by atoms with Crippen molar-refractivity contribution >= 4 is 20.0 Å². The van der Waals surface area contributed by atoms with Gasteiger partial charge in [0.15, 0.2) is 0 Å². The van der Waals surface area contributed by atoms with E-state index in [0.717, 1.165) is 23.3 Å². The molecule has 4 nitrogen and oxygen atoms in total. The van der Waals surface area contributed by atoms with Gasteiger partial charge in [0, 0.05) is 0 Å². The Hall–Kier alpha value is -1.10. The first-order valence-corrected chi connectivity index (χ1v) is 10.6. The minimum atomic E-state index is -1.77. The first kappa shape index (κ1) is 19.9. The molecule has 0 aromatic rings. The van der Waals surface area contributed by atoms with E-state index in [1.165, 1.54) is 0 Å². The Morgan fingerprint density at radius 1 is 0.952 bits per heavy atom.